The van der Waals surface area contributed by atoms with Crippen molar-refractivity contribution in [2.24, 2.45) is 4.99 Å². The molecule has 3 amide bonds. The van der Waals surface area contributed by atoms with E-state index in [4.69, 9.17) is 9.73 Å². The van der Waals surface area contributed by atoms with Crippen LogP contribution in [-0.2, 0) is 4.79 Å². The number of ether oxygens (including phenoxy) is 1. The molecule has 2 unspecified atom stereocenters. The third kappa shape index (κ3) is 2.69. The molecular formula is C21H27N5O3. The molecule has 8 heteroatoms. The van der Waals surface area contributed by atoms with Crippen LogP contribution >= 0.6 is 0 Å². The van der Waals surface area contributed by atoms with Gasteiger partial charge < -0.3 is 9.64 Å². The van der Waals surface area contributed by atoms with Crippen molar-refractivity contribution in [1.82, 2.24) is 14.7 Å². The molecule has 4 rings (SSSR count). The number of unbranched alkanes of at least 4 members (excludes halogenated alkanes) is 1. The first-order valence-electron chi connectivity index (χ1n) is 9.98. The van der Waals surface area contributed by atoms with E-state index in [1.165, 1.54) is 4.90 Å². The number of hydrogen-bond donors (Lipinski definition) is 0. The number of nitrogens with zero attached hydrogens (tertiary/aromatic N) is 5. The van der Waals surface area contributed by atoms with Gasteiger partial charge in [0.15, 0.2) is 12.2 Å². The van der Waals surface area contributed by atoms with Crippen LogP contribution in [0.25, 0.3) is 0 Å². The fourth-order valence-corrected chi connectivity index (χ4v) is 4.24. The fourth-order valence-electron chi connectivity index (χ4n) is 4.24. The third-order valence-corrected chi connectivity index (χ3v) is 5.95. The molecule has 0 aliphatic carbocycles. The van der Waals surface area contributed by atoms with E-state index in [0.29, 0.717) is 12.5 Å². The van der Waals surface area contributed by atoms with Gasteiger partial charge in [0, 0.05) is 25.0 Å². The molecule has 0 N–H and O–H groups in total. The minimum atomic E-state index is -0.542. The first kappa shape index (κ1) is 19.3. The van der Waals surface area contributed by atoms with Crippen molar-refractivity contribution in [2.75, 3.05) is 25.6 Å². The molecule has 0 bridgehead atoms. The Labute approximate surface area is 171 Å². The van der Waals surface area contributed by atoms with Crippen molar-refractivity contribution >= 4 is 23.6 Å². The predicted molar refractivity (Wildman–Crippen MR) is 110 cm³/mol. The average Bonchev–Trinajstić information content (AvgIpc) is 3.22. The van der Waals surface area contributed by atoms with Gasteiger partial charge in [-0.1, -0.05) is 25.5 Å². The van der Waals surface area contributed by atoms with Crippen LogP contribution in [0.4, 0.5) is 10.5 Å². The summed E-state index contributed by atoms with van der Waals surface area (Å²) in [6.07, 6.45) is 1.17. The summed E-state index contributed by atoms with van der Waals surface area (Å²) in [7, 11) is 3.35. The SMILES string of the molecule is CCCCN1C(=O)C2C(N=C3N(c4ccccc4OC)C(C)=C(C)N32)N(C)C1=O. The van der Waals surface area contributed by atoms with Gasteiger partial charge in [-0.2, -0.15) is 0 Å². The number of hydrogen-bond acceptors (Lipinski definition) is 6. The molecule has 0 saturated carbocycles. The van der Waals surface area contributed by atoms with E-state index in [-0.39, 0.29) is 11.9 Å². The molecule has 1 fully saturated rings. The van der Waals surface area contributed by atoms with Gasteiger partial charge in [-0.05, 0) is 32.4 Å². The minimum absolute atomic E-state index is 0.181. The quantitative estimate of drug-likeness (QED) is 0.764. The first-order chi connectivity index (χ1) is 13.9. The Morgan fingerprint density at radius 1 is 1.14 bits per heavy atom. The van der Waals surface area contributed by atoms with Crippen LogP contribution in [-0.4, -0.2) is 65.5 Å². The maximum Gasteiger partial charge on any atom is 0.328 e. The number of allylic oxidation sites excluding steroid dienone is 2. The number of likely N-dealkylation sites (N-methyl/N-ethyl adjacent to an activating group) is 1. The monoisotopic (exact) mass is 397 g/mol. The van der Waals surface area contributed by atoms with Crippen molar-refractivity contribution in [1.29, 1.82) is 0 Å². The molecule has 1 aromatic carbocycles. The van der Waals surface area contributed by atoms with Crippen molar-refractivity contribution in [2.45, 2.75) is 45.8 Å². The Bertz CT molecular complexity index is 925. The summed E-state index contributed by atoms with van der Waals surface area (Å²) in [4.78, 5) is 37.9. The first-order valence-corrected chi connectivity index (χ1v) is 9.98. The second-order valence-corrected chi connectivity index (χ2v) is 7.57. The normalized spacial score (nSPS) is 23.7. The molecule has 3 heterocycles. The number of anilines is 1. The second-order valence-electron chi connectivity index (χ2n) is 7.57. The molecule has 3 aliphatic rings. The van der Waals surface area contributed by atoms with Crippen molar-refractivity contribution in [3.05, 3.63) is 35.7 Å². The number of methoxy groups -OCH3 is 1. The van der Waals surface area contributed by atoms with Gasteiger partial charge in [0.05, 0.1) is 12.8 Å². The number of guanidine groups is 1. The standard InChI is InChI=1S/C21H27N5O3/c1-6-7-12-24-19(27)17-18(23(4)21(24)28)22-20-25(13(2)14(3)26(17)20)15-10-8-9-11-16(15)29-5/h8-11,17-18H,6-7,12H2,1-5H3. The molecule has 8 nitrogen and oxygen atoms in total. The Kier molecular flexibility index (Phi) is 4.72. The minimum Gasteiger partial charge on any atom is -0.495 e. The Morgan fingerprint density at radius 3 is 2.55 bits per heavy atom. The zero-order chi connectivity index (χ0) is 20.9. The number of rotatable bonds is 5. The van der Waals surface area contributed by atoms with Crippen LogP contribution in [0, 0.1) is 0 Å². The largest absolute Gasteiger partial charge is 0.495 e. The lowest BCUT2D eigenvalue weighted by Crippen LogP contribution is -2.64. The van der Waals surface area contributed by atoms with E-state index in [1.807, 2.05) is 54.8 Å². The fraction of sp³-hybridized carbons (Fsp3) is 0.476. The van der Waals surface area contributed by atoms with Crippen LogP contribution in [0.2, 0.25) is 0 Å². The molecule has 154 valence electrons. The van der Waals surface area contributed by atoms with Crippen molar-refractivity contribution in [3.63, 3.8) is 0 Å². The van der Waals surface area contributed by atoms with E-state index in [0.717, 1.165) is 35.7 Å². The van der Waals surface area contributed by atoms with Crippen LogP contribution < -0.4 is 9.64 Å². The van der Waals surface area contributed by atoms with Gasteiger partial charge in [-0.15, -0.1) is 0 Å². The topological polar surface area (TPSA) is 68.7 Å². The maximum atomic E-state index is 13.3. The van der Waals surface area contributed by atoms with Gasteiger partial charge in [0.1, 0.15) is 5.75 Å². The number of carbonyl (C=O) groups is 2. The molecular weight excluding hydrogens is 370 g/mol. The summed E-state index contributed by atoms with van der Waals surface area (Å²) in [5, 5.41) is 0. The summed E-state index contributed by atoms with van der Waals surface area (Å²) in [6.45, 7) is 6.48. The van der Waals surface area contributed by atoms with Gasteiger partial charge in [0.25, 0.3) is 5.91 Å². The predicted octanol–water partition coefficient (Wildman–Crippen LogP) is 2.83. The lowest BCUT2D eigenvalue weighted by molar-refractivity contribution is -0.136. The van der Waals surface area contributed by atoms with Gasteiger partial charge in [0.2, 0.25) is 5.96 Å². The summed E-state index contributed by atoms with van der Waals surface area (Å²) in [6, 6.07) is 6.90. The number of amides is 3. The van der Waals surface area contributed by atoms with Gasteiger partial charge >= 0.3 is 6.03 Å². The molecule has 0 radical (unpaired) electrons. The Balaban J connectivity index is 1.76. The number of para-hydroxylation sites is 2. The smallest absolute Gasteiger partial charge is 0.328 e. The van der Waals surface area contributed by atoms with Gasteiger partial charge in [-0.25, -0.2) is 9.79 Å². The summed E-state index contributed by atoms with van der Waals surface area (Å²) < 4.78 is 5.55. The third-order valence-electron chi connectivity index (χ3n) is 5.95. The Morgan fingerprint density at radius 2 is 1.86 bits per heavy atom. The van der Waals surface area contributed by atoms with E-state index in [2.05, 4.69) is 0 Å². The molecule has 1 aromatic rings. The molecule has 29 heavy (non-hydrogen) atoms. The van der Waals surface area contributed by atoms with Crippen molar-refractivity contribution < 1.29 is 14.3 Å². The van der Waals surface area contributed by atoms with Crippen molar-refractivity contribution in [3.8, 4) is 5.75 Å². The highest BCUT2D eigenvalue weighted by atomic mass is 16.5. The Hall–Kier alpha value is -3.03. The zero-order valence-corrected chi connectivity index (χ0v) is 17.5. The number of imide groups is 1. The summed E-state index contributed by atoms with van der Waals surface area (Å²) >= 11 is 0. The highest BCUT2D eigenvalue weighted by Gasteiger charge is 2.55. The highest BCUT2D eigenvalue weighted by molar-refractivity contribution is 6.11. The number of urea groups is 1. The molecule has 2 atom stereocenters. The second kappa shape index (κ2) is 7.09. The summed E-state index contributed by atoms with van der Waals surface area (Å²) in [5.74, 6) is 1.20. The van der Waals surface area contributed by atoms with Crippen LogP contribution in [0.15, 0.2) is 40.7 Å². The summed E-state index contributed by atoms with van der Waals surface area (Å²) in [5.41, 5.74) is 2.80. The van der Waals surface area contributed by atoms with E-state index >= 15 is 0 Å². The zero-order valence-electron chi connectivity index (χ0n) is 17.5. The van der Waals surface area contributed by atoms with Crippen LogP contribution in [0.1, 0.15) is 33.6 Å². The maximum absolute atomic E-state index is 13.3. The highest BCUT2D eigenvalue weighted by Crippen LogP contribution is 2.42. The van der Waals surface area contributed by atoms with Crippen LogP contribution in [0.3, 0.4) is 0 Å². The number of benzene rings is 1. The average molecular weight is 397 g/mol. The number of carbonyl (C=O) groups excluding carboxylic acids is 2. The van der Waals surface area contributed by atoms with E-state index < -0.39 is 12.2 Å². The van der Waals surface area contributed by atoms with E-state index in [9.17, 15) is 9.59 Å². The molecule has 3 aliphatic heterocycles. The molecule has 0 spiro atoms. The lowest BCUT2D eigenvalue weighted by atomic mass is 10.1. The van der Waals surface area contributed by atoms with Gasteiger partial charge in [-0.3, -0.25) is 19.5 Å². The number of fused-ring (bicyclic) bond motifs is 3. The lowest BCUT2D eigenvalue weighted by Gasteiger charge is -2.40. The molecule has 1 saturated heterocycles. The molecule has 0 aromatic heterocycles. The van der Waals surface area contributed by atoms with E-state index in [1.54, 1.807) is 19.1 Å². The van der Waals surface area contributed by atoms with Crippen LogP contribution in [0.5, 0.6) is 5.75 Å². The number of aliphatic imine (C=N–C) groups is 1.